The molecule has 2 heteroatoms. The van der Waals surface area contributed by atoms with Gasteiger partial charge in [-0.05, 0) is 25.0 Å². The fourth-order valence-electron chi connectivity index (χ4n) is 1.61. The minimum Gasteiger partial charge on any atom is -0.490 e. The minimum absolute atomic E-state index is 0.182. The molecule has 0 heterocycles. The number of nitriles is 1. The number of para-hydroxylation sites is 1. The molecule has 1 unspecified atom stereocenters. The summed E-state index contributed by atoms with van der Waals surface area (Å²) in [5.74, 6) is 0.904. The quantitative estimate of drug-likeness (QED) is 0.693. The van der Waals surface area contributed by atoms with Gasteiger partial charge in [0.2, 0.25) is 0 Å². The van der Waals surface area contributed by atoms with E-state index in [0.29, 0.717) is 6.42 Å². The molecule has 0 bridgehead atoms. The van der Waals surface area contributed by atoms with Gasteiger partial charge >= 0.3 is 0 Å². The Morgan fingerprint density at radius 1 is 1.25 bits per heavy atom. The molecule has 0 N–H and O–H groups in total. The summed E-state index contributed by atoms with van der Waals surface area (Å²) >= 11 is 0. The number of rotatable bonds is 7. The number of hydrogen-bond acceptors (Lipinski definition) is 2. The molecule has 0 aromatic heterocycles. The van der Waals surface area contributed by atoms with Gasteiger partial charge in [-0.15, -0.1) is 0 Å². The average molecular weight is 217 g/mol. The predicted octanol–water partition coefficient (Wildman–Crippen LogP) is 3.93. The molecule has 0 aliphatic heterocycles. The van der Waals surface area contributed by atoms with Crippen LogP contribution in [0.1, 0.15) is 39.0 Å². The Hall–Kier alpha value is -1.49. The first kappa shape index (κ1) is 12.6. The normalized spacial score (nSPS) is 11.8. The fraction of sp³-hybridized carbons (Fsp3) is 0.500. The van der Waals surface area contributed by atoms with E-state index in [-0.39, 0.29) is 6.10 Å². The maximum atomic E-state index is 8.60. The first-order valence-corrected chi connectivity index (χ1v) is 5.95. The van der Waals surface area contributed by atoms with Gasteiger partial charge in [-0.1, -0.05) is 38.0 Å². The number of hydrogen-bond donors (Lipinski definition) is 0. The second-order valence-electron chi connectivity index (χ2n) is 3.89. The lowest BCUT2D eigenvalue weighted by atomic mass is 10.1. The summed E-state index contributed by atoms with van der Waals surface area (Å²) in [5, 5.41) is 8.60. The highest BCUT2D eigenvalue weighted by molar-refractivity contribution is 5.21. The van der Waals surface area contributed by atoms with E-state index >= 15 is 0 Å². The van der Waals surface area contributed by atoms with Crippen LogP contribution in [-0.4, -0.2) is 6.10 Å². The Balaban J connectivity index is 2.46. The summed E-state index contributed by atoms with van der Waals surface area (Å²) in [6, 6.07) is 12.0. The Morgan fingerprint density at radius 2 is 2.00 bits per heavy atom. The van der Waals surface area contributed by atoms with Crippen LogP contribution in [0.3, 0.4) is 0 Å². The average Bonchev–Trinajstić information content (AvgIpc) is 2.34. The Bertz CT molecular complexity index is 315. The summed E-state index contributed by atoms with van der Waals surface area (Å²) in [5.41, 5.74) is 0. The van der Waals surface area contributed by atoms with Crippen LogP contribution >= 0.6 is 0 Å². The maximum Gasteiger partial charge on any atom is 0.119 e. The lowest BCUT2D eigenvalue weighted by Gasteiger charge is -2.17. The van der Waals surface area contributed by atoms with E-state index in [1.165, 1.54) is 6.42 Å². The summed E-state index contributed by atoms with van der Waals surface area (Å²) in [6.45, 7) is 2.17. The van der Waals surface area contributed by atoms with Gasteiger partial charge in [0.1, 0.15) is 5.75 Å². The number of ether oxygens (including phenoxy) is 1. The highest BCUT2D eigenvalue weighted by Crippen LogP contribution is 2.17. The standard InChI is InChI=1S/C14H19NO/c1-2-3-8-13(11-7-12-15)16-14-9-5-4-6-10-14/h4-6,9-10,13H,2-3,7-8,11H2,1H3. The fourth-order valence-corrected chi connectivity index (χ4v) is 1.61. The summed E-state index contributed by atoms with van der Waals surface area (Å²) in [4.78, 5) is 0. The van der Waals surface area contributed by atoms with Gasteiger partial charge in [0.25, 0.3) is 0 Å². The lowest BCUT2D eigenvalue weighted by molar-refractivity contribution is 0.179. The van der Waals surface area contributed by atoms with Crippen LogP contribution in [0.25, 0.3) is 0 Å². The van der Waals surface area contributed by atoms with Crippen LogP contribution in [0, 0.1) is 11.3 Å². The number of nitrogens with zero attached hydrogens (tertiary/aromatic N) is 1. The van der Waals surface area contributed by atoms with Crippen molar-refractivity contribution in [3.05, 3.63) is 30.3 Å². The molecule has 1 rings (SSSR count). The first-order chi connectivity index (χ1) is 7.86. The Kier molecular flexibility index (Phi) is 6.10. The van der Waals surface area contributed by atoms with E-state index in [4.69, 9.17) is 10.00 Å². The van der Waals surface area contributed by atoms with Crippen molar-refractivity contribution in [2.24, 2.45) is 0 Å². The van der Waals surface area contributed by atoms with Crippen molar-refractivity contribution in [1.82, 2.24) is 0 Å². The molecule has 0 spiro atoms. The van der Waals surface area contributed by atoms with Crippen LogP contribution < -0.4 is 4.74 Å². The van der Waals surface area contributed by atoms with Crippen molar-refractivity contribution in [1.29, 1.82) is 5.26 Å². The molecular formula is C14H19NO. The third-order valence-corrected chi connectivity index (χ3v) is 2.50. The maximum absolute atomic E-state index is 8.60. The van der Waals surface area contributed by atoms with Crippen molar-refractivity contribution in [2.45, 2.75) is 45.1 Å². The van der Waals surface area contributed by atoms with Gasteiger partial charge in [0.05, 0.1) is 12.2 Å². The zero-order valence-electron chi connectivity index (χ0n) is 9.86. The molecule has 0 saturated carbocycles. The minimum atomic E-state index is 0.182. The molecule has 1 aromatic rings. The monoisotopic (exact) mass is 217 g/mol. The molecule has 2 nitrogen and oxygen atoms in total. The van der Waals surface area contributed by atoms with E-state index in [1.54, 1.807) is 0 Å². The molecule has 1 atom stereocenters. The molecular weight excluding hydrogens is 198 g/mol. The third kappa shape index (κ3) is 4.84. The second-order valence-corrected chi connectivity index (χ2v) is 3.89. The van der Waals surface area contributed by atoms with E-state index < -0.39 is 0 Å². The largest absolute Gasteiger partial charge is 0.490 e. The zero-order valence-corrected chi connectivity index (χ0v) is 9.86. The van der Waals surface area contributed by atoms with Gasteiger partial charge in [0.15, 0.2) is 0 Å². The molecule has 1 aromatic carbocycles. The molecule has 0 saturated heterocycles. The predicted molar refractivity (Wildman–Crippen MR) is 65.2 cm³/mol. The van der Waals surface area contributed by atoms with Gasteiger partial charge in [-0.3, -0.25) is 0 Å². The highest BCUT2D eigenvalue weighted by Gasteiger charge is 2.09. The van der Waals surface area contributed by atoms with Crippen molar-refractivity contribution in [3.63, 3.8) is 0 Å². The molecule has 16 heavy (non-hydrogen) atoms. The van der Waals surface area contributed by atoms with Crippen molar-refractivity contribution < 1.29 is 4.74 Å². The van der Waals surface area contributed by atoms with Crippen LogP contribution in [0.15, 0.2) is 30.3 Å². The third-order valence-electron chi connectivity index (χ3n) is 2.50. The number of benzene rings is 1. The Labute approximate surface area is 97.9 Å². The van der Waals surface area contributed by atoms with Crippen LogP contribution in [-0.2, 0) is 0 Å². The molecule has 0 amide bonds. The van der Waals surface area contributed by atoms with Crippen molar-refractivity contribution in [2.75, 3.05) is 0 Å². The van der Waals surface area contributed by atoms with E-state index in [9.17, 15) is 0 Å². The topological polar surface area (TPSA) is 33.0 Å². The van der Waals surface area contributed by atoms with Gasteiger partial charge in [-0.25, -0.2) is 0 Å². The van der Waals surface area contributed by atoms with Crippen molar-refractivity contribution >= 4 is 0 Å². The number of unbranched alkanes of at least 4 members (excludes halogenated alkanes) is 1. The summed E-state index contributed by atoms with van der Waals surface area (Å²) < 4.78 is 5.87. The lowest BCUT2D eigenvalue weighted by Crippen LogP contribution is -2.16. The van der Waals surface area contributed by atoms with Gasteiger partial charge < -0.3 is 4.74 Å². The zero-order chi connectivity index (χ0) is 11.6. The summed E-state index contributed by atoms with van der Waals surface area (Å²) in [6.07, 6.45) is 4.94. The highest BCUT2D eigenvalue weighted by atomic mass is 16.5. The SMILES string of the molecule is CCCCC(CCC#N)Oc1ccccc1. The smallest absolute Gasteiger partial charge is 0.119 e. The van der Waals surface area contributed by atoms with Gasteiger partial charge in [0, 0.05) is 6.42 Å². The van der Waals surface area contributed by atoms with Crippen LogP contribution in [0.5, 0.6) is 5.75 Å². The molecule has 86 valence electrons. The van der Waals surface area contributed by atoms with Gasteiger partial charge in [-0.2, -0.15) is 5.26 Å². The first-order valence-electron chi connectivity index (χ1n) is 5.95. The molecule has 0 aliphatic carbocycles. The van der Waals surface area contributed by atoms with E-state index in [1.807, 2.05) is 30.3 Å². The molecule has 0 radical (unpaired) electrons. The summed E-state index contributed by atoms with van der Waals surface area (Å²) in [7, 11) is 0. The molecule has 0 fully saturated rings. The van der Waals surface area contributed by atoms with E-state index in [2.05, 4.69) is 13.0 Å². The van der Waals surface area contributed by atoms with Crippen molar-refractivity contribution in [3.8, 4) is 11.8 Å². The Morgan fingerprint density at radius 3 is 2.62 bits per heavy atom. The molecule has 0 aliphatic rings. The van der Waals surface area contributed by atoms with Crippen LogP contribution in [0.2, 0.25) is 0 Å². The second kappa shape index (κ2) is 7.76. The van der Waals surface area contributed by atoms with E-state index in [0.717, 1.165) is 25.0 Å². The van der Waals surface area contributed by atoms with Crippen LogP contribution in [0.4, 0.5) is 0 Å².